The summed E-state index contributed by atoms with van der Waals surface area (Å²) in [5.74, 6) is -1.46. The van der Waals surface area contributed by atoms with E-state index in [0.29, 0.717) is 0 Å². The highest BCUT2D eigenvalue weighted by Gasteiger charge is 2.38. The lowest BCUT2D eigenvalue weighted by atomic mass is 9.67. The molecule has 0 aliphatic carbocycles. The highest BCUT2D eigenvalue weighted by atomic mass is 16.5. The first kappa shape index (κ1) is 31.0. The molecule has 45 heavy (non-hydrogen) atoms. The van der Waals surface area contributed by atoms with Crippen molar-refractivity contribution in [2.24, 2.45) is 0 Å². The Morgan fingerprint density at radius 2 is 0.889 bits per heavy atom. The first-order valence-corrected chi connectivity index (χ1v) is 15.0. The van der Waals surface area contributed by atoms with Crippen LogP contribution in [-0.2, 0) is 24.5 Å². The van der Waals surface area contributed by atoms with Gasteiger partial charge in [-0.2, -0.15) is 0 Å². The van der Waals surface area contributed by atoms with Crippen LogP contribution in [0.2, 0.25) is 0 Å². The van der Waals surface area contributed by atoms with Gasteiger partial charge in [-0.25, -0.2) is 0 Å². The van der Waals surface area contributed by atoms with Crippen LogP contribution in [0.1, 0.15) is 40.2 Å². The summed E-state index contributed by atoms with van der Waals surface area (Å²) in [6, 6.07) is 49.4. The molecule has 0 saturated heterocycles. The van der Waals surface area contributed by atoms with Gasteiger partial charge >= 0.3 is 5.97 Å². The van der Waals surface area contributed by atoms with Gasteiger partial charge in [0.1, 0.15) is 13.2 Å². The van der Waals surface area contributed by atoms with Crippen LogP contribution in [-0.4, -0.2) is 37.5 Å². The van der Waals surface area contributed by atoms with E-state index in [-0.39, 0.29) is 37.9 Å². The third-order valence-corrected chi connectivity index (χ3v) is 7.92. The molecule has 0 fully saturated rings. The molecule has 0 radical (unpaired) electrons. The molecule has 2 amide bonds. The van der Waals surface area contributed by atoms with Gasteiger partial charge in [0.15, 0.2) is 0 Å². The third-order valence-electron chi connectivity index (χ3n) is 7.92. The van der Waals surface area contributed by atoms with Crippen LogP contribution in [0.4, 0.5) is 0 Å². The van der Waals surface area contributed by atoms with E-state index in [4.69, 9.17) is 4.74 Å². The maximum absolute atomic E-state index is 13.5. The third kappa shape index (κ3) is 7.92. The van der Waals surface area contributed by atoms with Gasteiger partial charge in [0.05, 0.1) is 12.0 Å². The van der Waals surface area contributed by atoms with Crippen molar-refractivity contribution >= 4 is 17.8 Å². The van der Waals surface area contributed by atoms with Crippen molar-refractivity contribution in [1.29, 1.82) is 0 Å². The predicted octanol–water partition coefficient (Wildman–Crippen LogP) is 6.02. The predicted molar refractivity (Wildman–Crippen MR) is 176 cm³/mol. The van der Waals surface area contributed by atoms with E-state index in [1.807, 2.05) is 152 Å². The Hall–Kier alpha value is -5.49. The van der Waals surface area contributed by atoms with E-state index in [2.05, 4.69) is 10.6 Å². The largest absolute Gasteiger partial charge is 0.463 e. The minimum absolute atomic E-state index is 0.0840. The summed E-state index contributed by atoms with van der Waals surface area (Å²) >= 11 is 0. The first-order valence-electron chi connectivity index (χ1n) is 15.0. The molecule has 0 bridgehead atoms. The van der Waals surface area contributed by atoms with Crippen LogP contribution in [0, 0.1) is 0 Å². The van der Waals surface area contributed by atoms with Crippen LogP contribution < -0.4 is 10.6 Å². The summed E-state index contributed by atoms with van der Waals surface area (Å²) in [7, 11) is 0. The van der Waals surface area contributed by atoms with E-state index in [1.54, 1.807) is 0 Å². The van der Waals surface area contributed by atoms with Crippen LogP contribution in [0.15, 0.2) is 152 Å². The summed E-state index contributed by atoms with van der Waals surface area (Å²) in [4.78, 5) is 38.7. The summed E-state index contributed by atoms with van der Waals surface area (Å²) in [6.45, 7) is -0.426. The number of esters is 1. The normalized spacial score (nSPS) is 11.0. The number of amides is 2. The minimum atomic E-state index is -0.776. The quantitative estimate of drug-likeness (QED) is 0.129. The fourth-order valence-electron chi connectivity index (χ4n) is 5.67. The van der Waals surface area contributed by atoms with Gasteiger partial charge in [-0.05, 0) is 27.8 Å². The van der Waals surface area contributed by atoms with E-state index < -0.39 is 17.3 Å². The Morgan fingerprint density at radius 3 is 1.31 bits per heavy atom. The van der Waals surface area contributed by atoms with Crippen molar-refractivity contribution in [1.82, 2.24) is 10.6 Å². The number of hydrogen-bond donors (Lipinski definition) is 2. The van der Waals surface area contributed by atoms with Crippen molar-refractivity contribution in [3.05, 3.63) is 179 Å². The molecule has 0 saturated carbocycles. The van der Waals surface area contributed by atoms with Gasteiger partial charge in [-0.15, -0.1) is 0 Å². The van der Waals surface area contributed by atoms with Crippen LogP contribution >= 0.6 is 0 Å². The molecule has 6 nitrogen and oxygen atoms in total. The van der Waals surface area contributed by atoms with Gasteiger partial charge in [0.25, 0.3) is 0 Å². The topological polar surface area (TPSA) is 84.5 Å². The summed E-state index contributed by atoms with van der Waals surface area (Å²) in [5, 5.41) is 5.33. The molecule has 0 spiro atoms. The monoisotopic (exact) mass is 596 g/mol. The summed E-state index contributed by atoms with van der Waals surface area (Å²) in [5.41, 5.74) is 4.18. The van der Waals surface area contributed by atoms with Crippen LogP contribution in [0.3, 0.4) is 0 Å². The second kappa shape index (κ2) is 15.3. The van der Waals surface area contributed by atoms with Crippen molar-refractivity contribution in [3.8, 4) is 0 Å². The number of hydrogen-bond acceptors (Lipinski definition) is 4. The number of nitrogens with one attached hydrogen (secondary N) is 2. The Bertz CT molecular complexity index is 1530. The van der Waals surface area contributed by atoms with E-state index in [9.17, 15) is 14.4 Å². The maximum atomic E-state index is 13.5. The maximum Gasteiger partial charge on any atom is 0.325 e. The van der Waals surface area contributed by atoms with E-state index >= 15 is 0 Å². The molecule has 5 aromatic carbocycles. The second-order valence-corrected chi connectivity index (χ2v) is 10.8. The van der Waals surface area contributed by atoms with Crippen molar-refractivity contribution in [2.75, 3.05) is 19.7 Å². The second-order valence-electron chi connectivity index (χ2n) is 10.8. The lowest BCUT2D eigenvalue weighted by molar-refractivity contribution is -0.144. The molecule has 0 atom stereocenters. The molecule has 5 aromatic rings. The molecule has 5 rings (SSSR count). The average Bonchev–Trinajstić information content (AvgIpc) is 3.11. The van der Waals surface area contributed by atoms with Gasteiger partial charge < -0.3 is 15.4 Å². The van der Waals surface area contributed by atoms with Crippen LogP contribution in [0.25, 0.3) is 0 Å². The number of carbonyl (C=O) groups is 3. The molecule has 226 valence electrons. The SMILES string of the molecule is O=C(CNC(=O)CC(c1ccccc1)(c1ccccc1)c1ccccc1)NCC(=O)OCC(c1ccccc1)c1ccccc1. The molecule has 0 unspecified atom stereocenters. The van der Waals surface area contributed by atoms with Crippen molar-refractivity contribution < 1.29 is 19.1 Å². The molecule has 2 N–H and O–H groups in total. The fraction of sp³-hybridized carbons (Fsp3) is 0.154. The van der Waals surface area contributed by atoms with Crippen LogP contribution in [0.5, 0.6) is 0 Å². The molecular formula is C39H36N2O4. The number of carbonyl (C=O) groups excluding carboxylic acids is 3. The molecule has 0 aliphatic rings. The highest BCUT2D eigenvalue weighted by molar-refractivity contribution is 5.88. The van der Waals surface area contributed by atoms with Crippen molar-refractivity contribution in [2.45, 2.75) is 17.8 Å². The zero-order valence-electron chi connectivity index (χ0n) is 25.0. The first-order chi connectivity index (χ1) is 22.1. The van der Waals surface area contributed by atoms with Gasteiger partial charge in [0.2, 0.25) is 11.8 Å². The highest BCUT2D eigenvalue weighted by Crippen LogP contribution is 2.42. The molecule has 0 aromatic heterocycles. The van der Waals surface area contributed by atoms with Gasteiger partial charge in [0, 0.05) is 12.3 Å². The zero-order chi connectivity index (χ0) is 31.3. The van der Waals surface area contributed by atoms with Crippen molar-refractivity contribution in [3.63, 3.8) is 0 Å². The van der Waals surface area contributed by atoms with Gasteiger partial charge in [-0.3, -0.25) is 14.4 Å². The molecule has 0 heterocycles. The Balaban J connectivity index is 1.20. The number of rotatable bonds is 13. The Labute approximate surface area is 264 Å². The lowest BCUT2D eigenvalue weighted by Gasteiger charge is -2.35. The fourth-order valence-corrected chi connectivity index (χ4v) is 5.67. The summed E-state index contributed by atoms with van der Waals surface area (Å²) in [6.07, 6.45) is 0.0840. The minimum Gasteiger partial charge on any atom is -0.463 e. The summed E-state index contributed by atoms with van der Waals surface area (Å²) < 4.78 is 5.56. The molecule has 6 heteroatoms. The standard InChI is InChI=1S/C39H36N2O4/c42-36(26-39(32-20-10-3-11-21-32,33-22-12-4-13-23-33)34-24-14-5-15-25-34)40-27-37(43)41-28-38(44)45-29-35(30-16-6-1-7-17-30)31-18-8-2-9-19-31/h1-25,35H,26-29H2,(H,40,42)(H,41,43). The average molecular weight is 597 g/mol. The lowest BCUT2D eigenvalue weighted by Crippen LogP contribution is -2.42. The number of ether oxygens (including phenoxy) is 1. The number of benzene rings is 5. The smallest absolute Gasteiger partial charge is 0.325 e. The molecule has 0 aliphatic heterocycles. The molecular weight excluding hydrogens is 560 g/mol. The van der Waals surface area contributed by atoms with Gasteiger partial charge in [-0.1, -0.05) is 152 Å². The Morgan fingerprint density at radius 1 is 0.511 bits per heavy atom. The van der Waals surface area contributed by atoms with E-state index in [0.717, 1.165) is 27.8 Å². The van der Waals surface area contributed by atoms with E-state index in [1.165, 1.54) is 0 Å². The Kier molecular flexibility index (Phi) is 10.5. The zero-order valence-corrected chi connectivity index (χ0v) is 25.0.